The lowest BCUT2D eigenvalue weighted by Crippen LogP contribution is -2.19. The van der Waals surface area contributed by atoms with Crippen LogP contribution in [0.15, 0.2) is 23.0 Å². The SMILES string of the molecule is CN(Cc1ccoc1)C(=O)Cl. The summed E-state index contributed by atoms with van der Waals surface area (Å²) in [4.78, 5) is 11.9. The van der Waals surface area contributed by atoms with Crippen molar-refractivity contribution < 1.29 is 9.21 Å². The van der Waals surface area contributed by atoms with Gasteiger partial charge in [-0.2, -0.15) is 0 Å². The van der Waals surface area contributed by atoms with Gasteiger partial charge in [0.05, 0.1) is 12.5 Å². The fourth-order valence-corrected chi connectivity index (χ4v) is 0.778. The molecule has 1 aromatic rings. The molecule has 11 heavy (non-hydrogen) atoms. The molecule has 0 atom stereocenters. The molecule has 4 heteroatoms. The van der Waals surface area contributed by atoms with Crippen molar-refractivity contribution in [2.75, 3.05) is 7.05 Å². The summed E-state index contributed by atoms with van der Waals surface area (Å²) in [7, 11) is 1.63. The van der Waals surface area contributed by atoms with Gasteiger partial charge in [0, 0.05) is 19.2 Å². The Morgan fingerprint density at radius 2 is 2.55 bits per heavy atom. The molecule has 0 fully saturated rings. The van der Waals surface area contributed by atoms with Gasteiger partial charge in [0.1, 0.15) is 0 Å². The van der Waals surface area contributed by atoms with E-state index in [4.69, 9.17) is 16.0 Å². The van der Waals surface area contributed by atoms with Gasteiger partial charge in [-0.3, -0.25) is 4.79 Å². The van der Waals surface area contributed by atoms with Gasteiger partial charge in [0.2, 0.25) is 0 Å². The highest BCUT2D eigenvalue weighted by Crippen LogP contribution is 2.04. The molecule has 1 heterocycles. The normalized spacial score (nSPS) is 9.64. The van der Waals surface area contributed by atoms with Gasteiger partial charge in [-0.15, -0.1) is 0 Å². The van der Waals surface area contributed by atoms with Crippen molar-refractivity contribution in [3.63, 3.8) is 0 Å². The van der Waals surface area contributed by atoms with Crippen LogP contribution in [0.25, 0.3) is 0 Å². The zero-order valence-corrected chi connectivity index (χ0v) is 6.84. The molecule has 0 saturated heterocycles. The van der Waals surface area contributed by atoms with Crippen LogP contribution >= 0.6 is 11.6 Å². The zero-order valence-electron chi connectivity index (χ0n) is 6.08. The Bertz CT molecular complexity index is 233. The third-order valence-corrected chi connectivity index (χ3v) is 1.59. The lowest BCUT2D eigenvalue weighted by atomic mass is 10.3. The van der Waals surface area contributed by atoms with Crippen LogP contribution in [0.2, 0.25) is 0 Å². The average Bonchev–Trinajstić information content (AvgIpc) is 2.39. The monoisotopic (exact) mass is 173 g/mol. The Hall–Kier alpha value is -0.960. The van der Waals surface area contributed by atoms with Gasteiger partial charge < -0.3 is 9.32 Å². The first-order valence-corrected chi connectivity index (χ1v) is 3.49. The summed E-state index contributed by atoms with van der Waals surface area (Å²) in [6, 6.07) is 1.79. The number of rotatable bonds is 2. The first-order valence-electron chi connectivity index (χ1n) is 3.12. The van der Waals surface area contributed by atoms with Crippen molar-refractivity contribution in [3.8, 4) is 0 Å². The minimum absolute atomic E-state index is 0.466. The van der Waals surface area contributed by atoms with Crippen LogP contribution in [0.4, 0.5) is 4.79 Å². The Morgan fingerprint density at radius 3 is 3.00 bits per heavy atom. The number of furan rings is 1. The minimum Gasteiger partial charge on any atom is -0.472 e. The molecule has 0 aliphatic rings. The summed E-state index contributed by atoms with van der Waals surface area (Å²) in [5.74, 6) is 0. The predicted octanol–water partition coefficient (Wildman–Crippen LogP) is 2.07. The Labute approximate surface area is 69.5 Å². The van der Waals surface area contributed by atoms with Gasteiger partial charge in [0.25, 0.3) is 0 Å². The molecule has 0 aliphatic heterocycles. The molecular formula is C7H8ClNO2. The summed E-state index contributed by atoms with van der Waals surface area (Å²) in [6.07, 6.45) is 3.14. The van der Waals surface area contributed by atoms with Crippen molar-refractivity contribution in [2.24, 2.45) is 0 Å². The van der Waals surface area contributed by atoms with Gasteiger partial charge in [-0.25, -0.2) is 0 Å². The van der Waals surface area contributed by atoms with E-state index in [0.29, 0.717) is 6.54 Å². The number of halogens is 1. The molecule has 1 aromatic heterocycles. The second-order valence-corrected chi connectivity index (χ2v) is 2.56. The molecule has 0 radical (unpaired) electrons. The van der Waals surface area contributed by atoms with E-state index < -0.39 is 5.37 Å². The topological polar surface area (TPSA) is 33.5 Å². The Morgan fingerprint density at radius 1 is 1.82 bits per heavy atom. The average molecular weight is 174 g/mol. The van der Waals surface area contributed by atoms with Crippen molar-refractivity contribution in [1.82, 2.24) is 4.90 Å². The lowest BCUT2D eigenvalue weighted by Gasteiger charge is -2.10. The molecule has 60 valence electrons. The number of carbonyl (C=O) groups is 1. The van der Waals surface area contributed by atoms with Gasteiger partial charge in [0.15, 0.2) is 0 Å². The summed E-state index contributed by atoms with van der Waals surface area (Å²) < 4.78 is 4.81. The first-order chi connectivity index (χ1) is 5.20. The molecule has 0 saturated carbocycles. The number of nitrogens with zero attached hydrogens (tertiary/aromatic N) is 1. The molecule has 0 bridgehead atoms. The quantitative estimate of drug-likeness (QED) is 0.507. The van der Waals surface area contributed by atoms with E-state index in [2.05, 4.69) is 0 Å². The minimum atomic E-state index is -0.466. The predicted molar refractivity (Wildman–Crippen MR) is 41.4 cm³/mol. The van der Waals surface area contributed by atoms with E-state index in [1.807, 2.05) is 0 Å². The Kier molecular flexibility index (Phi) is 2.54. The van der Waals surface area contributed by atoms with Gasteiger partial charge in [-0.1, -0.05) is 0 Å². The number of amides is 1. The van der Waals surface area contributed by atoms with Crippen LogP contribution in [0, 0.1) is 0 Å². The van der Waals surface area contributed by atoms with Crippen LogP contribution < -0.4 is 0 Å². The van der Waals surface area contributed by atoms with Crippen molar-refractivity contribution in [2.45, 2.75) is 6.54 Å². The second kappa shape index (κ2) is 3.44. The maximum atomic E-state index is 10.5. The van der Waals surface area contributed by atoms with Crippen LogP contribution in [0.1, 0.15) is 5.56 Å². The van der Waals surface area contributed by atoms with Crippen LogP contribution in [0.5, 0.6) is 0 Å². The summed E-state index contributed by atoms with van der Waals surface area (Å²) in [6.45, 7) is 0.485. The van der Waals surface area contributed by atoms with Crippen molar-refractivity contribution >= 4 is 17.0 Å². The van der Waals surface area contributed by atoms with E-state index in [0.717, 1.165) is 5.56 Å². The van der Waals surface area contributed by atoms with Crippen molar-refractivity contribution in [1.29, 1.82) is 0 Å². The number of hydrogen-bond acceptors (Lipinski definition) is 2. The third kappa shape index (κ3) is 2.27. The molecule has 0 N–H and O–H groups in total. The van der Waals surface area contributed by atoms with Crippen LogP contribution in [-0.2, 0) is 6.54 Å². The molecule has 0 spiro atoms. The molecule has 0 aliphatic carbocycles. The van der Waals surface area contributed by atoms with E-state index in [1.54, 1.807) is 25.6 Å². The number of hydrogen-bond donors (Lipinski definition) is 0. The highest BCUT2D eigenvalue weighted by atomic mass is 35.5. The molecule has 0 aromatic carbocycles. The largest absolute Gasteiger partial charge is 0.472 e. The fraction of sp³-hybridized carbons (Fsp3) is 0.286. The first kappa shape index (κ1) is 8.14. The van der Waals surface area contributed by atoms with Crippen LogP contribution in [0.3, 0.4) is 0 Å². The molecular weight excluding hydrogens is 166 g/mol. The zero-order chi connectivity index (χ0) is 8.27. The maximum Gasteiger partial charge on any atom is 0.316 e. The molecule has 1 amide bonds. The second-order valence-electron chi connectivity index (χ2n) is 2.24. The maximum absolute atomic E-state index is 10.5. The molecule has 1 rings (SSSR count). The van der Waals surface area contributed by atoms with Crippen LogP contribution in [-0.4, -0.2) is 17.3 Å². The molecule has 3 nitrogen and oxygen atoms in total. The smallest absolute Gasteiger partial charge is 0.316 e. The summed E-state index contributed by atoms with van der Waals surface area (Å²) in [5, 5.41) is -0.466. The number of carbonyl (C=O) groups excluding carboxylic acids is 1. The highest BCUT2D eigenvalue weighted by molar-refractivity contribution is 6.62. The lowest BCUT2D eigenvalue weighted by molar-refractivity contribution is 0.230. The molecule has 0 unspecified atom stereocenters. The van der Waals surface area contributed by atoms with E-state index in [-0.39, 0.29) is 0 Å². The Balaban J connectivity index is 2.50. The summed E-state index contributed by atoms with van der Waals surface area (Å²) in [5.41, 5.74) is 0.932. The van der Waals surface area contributed by atoms with E-state index >= 15 is 0 Å². The van der Waals surface area contributed by atoms with Gasteiger partial charge in [-0.05, 0) is 17.7 Å². The highest BCUT2D eigenvalue weighted by Gasteiger charge is 2.04. The standard InChI is InChI=1S/C7H8ClNO2/c1-9(7(8)10)4-6-2-3-11-5-6/h2-3,5H,4H2,1H3. The van der Waals surface area contributed by atoms with E-state index in [1.165, 1.54) is 4.90 Å². The van der Waals surface area contributed by atoms with Gasteiger partial charge >= 0.3 is 5.37 Å². The third-order valence-electron chi connectivity index (χ3n) is 1.30. The van der Waals surface area contributed by atoms with E-state index in [9.17, 15) is 4.79 Å². The van der Waals surface area contributed by atoms with Crippen molar-refractivity contribution in [3.05, 3.63) is 24.2 Å². The fourth-order valence-electron chi connectivity index (χ4n) is 0.719. The summed E-state index contributed by atoms with van der Waals surface area (Å²) >= 11 is 5.20.